The van der Waals surface area contributed by atoms with E-state index in [1.54, 1.807) is 31.3 Å². The number of rotatable bonds is 10. The fraction of sp³-hybridized carbons (Fsp3) is 0.346. The van der Waals surface area contributed by atoms with E-state index in [9.17, 15) is 5.11 Å². The molecule has 4 rings (SSSR count). The number of aliphatic hydroxyl groups excluding tert-OH is 1. The van der Waals surface area contributed by atoms with E-state index in [4.69, 9.17) is 14.5 Å². The van der Waals surface area contributed by atoms with Gasteiger partial charge in [0, 0.05) is 61.0 Å². The Morgan fingerprint density at radius 1 is 1.00 bits per heavy atom. The minimum Gasteiger partial charge on any atom is -0.497 e. The van der Waals surface area contributed by atoms with Gasteiger partial charge < -0.3 is 24.8 Å². The van der Waals surface area contributed by atoms with Gasteiger partial charge in [0.2, 0.25) is 0 Å². The molecule has 0 aliphatic heterocycles. The number of methoxy groups -OCH3 is 2. The normalized spacial score (nSPS) is 11.9. The van der Waals surface area contributed by atoms with Crippen LogP contribution in [0.15, 0.2) is 55.0 Å². The van der Waals surface area contributed by atoms with Gasteiger partial charge in [0.05, 0.1) is 56.0 Å². The number of halogens is 1. The lowest BCUT2D eigenvalue weighted by atomic mass is 10.1. The van der Waals surface area contributed by atoms with Crippen LogP contribution in [0.2, 0.25) is 0 Å². The Morgan fingerprint density at radius 3 is 2.33 bits per heavy atom. The number of aromatic nitrogens is 4. The topological polar surface area (TPSA) is 97.6 Å². The molecule has 0 fully saturated rings. The van der Waals surface area contributed by atoms with E-state index in [1.807, 2.05) is 54.5 Å². The minimum absolute atomic E-state index is 0. The van der Waals surface area contributed by atoms with Crippen molar-refractivity contribution in [3.8, 4) is 22.8 Å². The molecule has 0 radical (unpaired) electrons. The molecule has 2 aromatic heterocycles. The zero-order valence-electron chi connectivity index (χ0n) is 21.2. The van der Waals surface area contributed by atoms with E-state index in [2.05, 4.69) is 29.2 Å². The summed E-state index contributed by atoms with van der Waals surface area (Å²) in [6.07, 6.45) is 4.82. The number of benzene rings is 2. The summed E-state index contributed by atoms with van der Waals surface area (Å²) in [4.78, 5) is 11.5. The maximum Gasteiger partial charge on any atom is 0.124 e. The van der Waals surface area contributed by atoms with E-state index < -0.39 is 6.10 Å². The molecule has 2 heterocycles. The largest absolute Gasteiger partial charge is 0.497 e. The highest BCUT2D eigenvalue weighted by atomic mass is 35.5. The second kappa shape index (κ2) is 12.0. The van der Waals surface area contributed by atoms with Crippen molar-refractivity contribution in [2.45, 2.75) is 26.0 Å². The Kier molecular flexibility index (Phi) is 9.08. The maximum atomic E-state index is 10.8. The molecule has 4 aromatic rings. The number of anilines is 2. The number of aryl methyl sites for hydroxylation is 1. The predicted molar refractivity (Wildman–Crippen MR) is 145 cm³/mol. The average molecular weight is 513 g/mol. The first-order chi connectivity index (χ1) is 16.9. The standard InChI is InChI=1S/C26H32N6O3.ClH/c1-17(2)27-13-21(33)16-32(20-8-22(34-4)11-23(9-20)35-5)19-6-7-24-25(10-19)30-26(14-28-24)18-12-29-31(3)15-18;/h6-12,14-15,17,21,27,33H,13,16H2,1-5H3;1H/t21-;/m1./s1. The van der Waals surface area contributed by atoms with Gasteiger partial charge in [0.25, 0.3) is 0 Å². The zero-order chi connectivity index (χ0) is 24.9. The van der Waals surface area contributed by atoms with Crippen molar-refractivity contribution >= 4 is 34.8 Å². The van der Waals surface area contributed by atoms with Gasteiger partial charge in [-0.1, -0.05) is 13.8 Å². The molecular weight excluding hydrogens is 480 g/mol. The molecular formula is C26H33ClN6O3. The highest BCUT2D eigenvalue weighted by molar-refractivity contribution is 5.85. The lowest BCUT2D eigenvalue weighted by Gasteiger charge is -2.29. The molecule has 0 bridgehead atoms. The van der Waals surface area contributed by atoms with Gasteiger partial charge in [-0.15, -0.1) is 12.4 Å². The van der Waals surface area contributed by atoms with E-state index >= 15 is 0 Å². The molecule has 2 N–H and O–H groups in total. The Balaban J connectivity index is 0.00000361. The molecule has 10 heteroatoms. The number of ether oxygens (including phenoxy) is 2. The Bertz CT molecular complexity index is 1270. The third-order valence-corrected chi connectivity index (χ3v) is 5.64. The third-order valence-electron chi connectivity index (χ3n) is 5.64. The van der Waals surface area contributed by atoms with Crippen molar-refractivity contribution in [2.75, 3.05) is 32.2 Å². The van der Waals surface area contributed by atoms with Crippen molar-refractivity contribution in [1.29, 1.82) is 0 Å². The summed E-state index contributed by atoms with van der Waals surface area (Å²) in [5, 5.41) is 18.4. The first-order valence-electron chi connectivity index (χ1n) is 11.5. The average Bonchev–Trinajstić information content (AvgIpc) is 3.31. The minimum atomic E-state index is -0.613. The van der Waals surface area contributed by atoms with Gasteiger partial charge in [0.15, 0.2) is 0 Å². The second-order valence-electron chi connectivity index (χ2n) is 8.73. The summed E-state index contributed by atoms with van der Waals surface area (Å²) in [6.45, 7) is 4.93. The molecule has 192 valence electrons. The quantitative estimate of drug-likeness (QED) is 0.329. The van der Waals surface area contributed by atoms with Crippen LogP contribution in [0.3, 0.4) is 0 Å². The number of nitrogens with zero attached hydrogens (tertiary/aromatic N) is 5. The smallest absolute Gasteiger partial charge is 0.124 e. The number of hydrogen-bond acceptors (Lipinski definition) is 8. The summed E-state index contributed by atoms with van der Waals surface area (Å²) < 4.78 is 12.7. The van der Waals surface area contributed by atoms with E-state index in [1.165, 1.54) is 0 Å². The van der Waals surface area contributed by atoms with Crippen LogP contribution in [0.25, 0.3) is 22.3 Å². The lowest BCUT2D eigenvalue weighted by Crippen LogP contribution is -2.38. The maximum absolute atomic E-state index is 10.8. The van der Waals surface area contributed by atoms with E-state index in [-0.39, 0.29) is 18.4 Å². The molecule has 0 spiro atoms. The Hall–Kier alpha value is -3.40. The molecule has 0 unspecified atom stereocenters. The van der Waals surface area contributed by atoms with Gasteiger partial charge in [-0.2, -0.15) is 5.10 Å². The SMILES string of the molecule is COc1cc(OC)cc(N(C[C@H](O)CNC(C)C)c2ccc3ncc(-c4cnn(C)c4)nc3c2)c1.Cl. The van der Waals surface area contributed by atoms with Gasteiger partial charge in [-0.25, -0.2) is 4.98 Å². The van der Waals surface area contributed by atoms with Gasteiger partial charge in [0.1, 0.15) is 11.5 Å². The van der Waals surface area contributed by atoms with Crippen molar-refractivity contribution < 1.29 is 14.6 Å². The van der Waals surface area contributed by atoms with Crippen molar-refractivity contribution in [2.24, 2.45) is 7.05 Å². The Labute approximate surface area is 217 Å². The fourth-order valence-electron chi connectivity index (χ4n) is 3.82. The van der Waals surface area contributed by atoms with Crippen LogP contribution in [0.4, 0.5) is 11.4 Å². The molecule has 0 aliphatic rings. The van der Waals surface area contributed by atoms with Gasteiger partial charge >= 0.3 is 0 Å². The Morgan fingerprint density at radius 2 is 1.72 bits per heavy atom. The van der Waals surface area contributed by atoms with Crippen LogP contribution in [0, 0.1) is 0 Å². The highest BCUT2D eigenvalue weighted by Crippen LogP contribution is 2.34. The van der Waals surface area contributed by atoms with Crippen LogP contribution < -0.4 is 19.7 Å². The second-order valence-corrected chi connectivity index (χ2v) is 8.73. The fourth-order valence-corrected chi connectivity index (χ4v) is 3.82. The van der Waals surface area contributed by atoms with Crippen LogP contribution in [0.5, 0.6) is 11.5 Å². The van der Waals surface area contributed by atoms with E-state index in [0.29, 0.717) is 24.6 Å². The van der Waals surface area contributed by atoms with Crippen molar-refractivity contribution in [1.82, 2.24) is 25.1 Å². The highest BCUT2D eigenvalue weighted by Gasteiger charge is 2.18. The van der Waals surface area contributed by atoms with E-state index in [0.717, 1.165) is 33.7 Å². The zero-order valence-corrected chi connectivity index (χ0v) is 22.0. The molecule has 0 saturated heterocycles. The van der Waals surface area contributed by atoms with Crippen LogP contribution in [-0.2, 0) is 7.05 Å². The van der Waals surface area contributed by atoms with Crippen molar-refractivity contribution in [3.05, 3.63) is 55.0 Å². The summed E-state index contributed by atoms with van der Waals surface area (Å²) >= 11 is 0. The number of hydrogen-bond donors (Lipinski definition) is 2. The molecule has 1 atom stereocenters. The number of nitrogens with one attached hydrogen (secondary N) is 1. The predicted octanol–water partition coefficient (Wildman–Crippen LogP) is 3.97. The summed E-state index contributed by atoms with van der Waals surface area (Å²) in [5.41, 5.74) is 4.88. The molecule has 0 amide bonds. The van der Waals surface area contributed by atoms with Crippen LogP contribution in [0.1, 0.15) is 13.8 Å². The molecule has 2 aromatic carbocycles. The number of aliphatic hydroxyl groups is 1. The molecule has 0 aliphatic carbocycles. The summed E-state index contributed by atoms with van der Waals surface area (Å²) in [7, 11) is 5.11. The summed E-state index contributed by atoms with van der Waals surface area (Å²) in [6, 6.07) is 11.8. The first-order valence-corrected chi connectivity index (χ1v) is 11.5. The molecule has 0 saturated carbocycles. The van der Waals surface area contributed by atoms with Crippen LogP contribution >= 0.6 is 12.4 Å². The van der Waals surface area contributed by atoms with Crippen LogP contribution in [-0.4, -0.2) is 64.3 Å². The monoisotopic (exact) mass is 512 g/mol. The summed E-state index contributed by atoms with van der Waals surface area (Å²) in [5.74, 6) is 1.33. The first kappa shape index (κ1) is 27.2. The lowest BCUT2D eigenvalue weighted by molar-refractivity contribution is 0.176. The number of fused-ring (bicyclic) bond motifs is 1. The van der Waals surface area contributed by atoms with Crippen molar-refractivity contribution in [3.63, 3.8) is 0 Å². The molecule has 36 heavy (non-hydrogen) atoms. The third kappa shape index (κ3) is 6.42. The molecule has 9 nitrogen and oxygen atoms in total. The van der Waals surface area contributed by atoms with Gasteiger partial charge in [-0.05, 0) is 18.2 Å². The van der Waals surface area contributed by atoms with Gasteiger partial charge in [-0.3, -0.25) is 9.67 Å².